The predicted molar refractivity (Wildman–Crippen MR) is 101 cm³/mol. The van der Waals surface area contributed by atoms with Crippen LogP contribution in [0.25, 0.3) is 0 Å². The summed E-state index contributed by atoms with van der Waals surface area (Å²) in [6, 6.07) is 9.34. The number of halogens is 3. The van der Waals surface area contributed by atoms with E-state index < -0.39 is 6.61 Å². The number of alkyl halides is 2. The van der Waals surface area contributed by atoms with Crippen LogP contribution in [-0.2, 0) is 17.4 Å². The van der Waals surface area contributed by atoms with Crippen LogP contribution in [0.15, 0.2) is 36.4 Å². The zero-order valence-electron chi connectivity index (χ0n) is 16.7. The molecule has 0 atom stereocenters. The fourth-order valence-corrected chi connectivity index (χ4v) is 2.99. The minimum Gasteiger partial charge on any atom is -0.488 e. The van der Waals surface area contributed by atoms with E-state index in [1.807, 2.05) is 41.5 Å². The van der Waals surface area contributed by atoms with E-state index in [2.05, 4.69) is 4.74 Å². The summed E-state index contributed by atoms with van der Waals surface area (Å²) < 4.78 is 49.4. The van der Waals surface area contributed by atoms with Crippen LogP contribution in [0.3, 0.4) is 0 Å². The topological polar surface area (TPSA) is 18.5 Å². The Labute approximate surface area is 159 Å². The Balaban J connectivity index is 2.38. The molecule has 0 bridgehead atoms. The molecule has 0 aliphatic carbocycles. The van der Waals surface area contributed by atoms with Gasteiger partial charge in [-0.3, -0.25) is 0 Å². The van der Waals surface area contributed by atoms with Crippen molar-refractivity contribution in [3.63, 3.8) is 0 Å². The normalized spacial score (nSPS) is 12.4. The van der Waals surface area contributed by atoms with Crippen molar-refractivity contribution in [3.8, 4) is 11.5 Å². The molecular weight excluding hydrogens is 353 g/mol. The summed E-state index contributed by atoms with van der Waals surface area (Å²) in [5, 5.41) is 0. The van der Waals surface area contributed by atoms with Crippen molar-refractivity contribution >= 4 is 0 Å². The molecule has 0 heterocycles. The third-order valence-electron chi connectivity index (χ3n) is 4.24. The maximum Gasteiger partial charge on any atom is 0.387 e. The highest BCUT2D eigenvalue weighted by Crippen LogP contribution is 2.34. The van der Waals surface area contributed by atoms with Gasteiger partial charge < -0.3 is 9.47 Å². The van der Waals surface area contributed by atoms with Crippen LogP contribution in [-0.4, -0.2) is 6.61 Å². The van der Waals surface area contributed by atoms with Gasteiger partial charge in [0.1, 0.15) is 23.9 Å². The van der Waals surface area contributed by atoms with E-state index >= 15 is 0 Å². The summed E-state index contributed by atoms with van der Waals surface area (Å²) >= 11 is 0. The van der Waals surface area contributed by atoms with Gasteiger partial charge in [-0.25, -0.2) is 4.39 Å². The second-order valence-corrected chi connectivity index (χ2v) is 8.63. The lowest BCUT2D eigenvalue weighted by molar-refractivity contribution is -0.0499. The summed E-state index contributed by atoms with van der Waals surface area (Å²) in [4.78, 5) is 0. The highest BCUT2D eigenvalue weighted by Gasteiger charge is 2.22. The molecule has 2 aromatic carbocycles. The second-order valence-electron chi connectivity index (χ2n) is 8.63. The molecule has 0 aromatic heterocycles. The first-order valence-corrected chi connectivity index (χ1v) is 8.89. The lowest BCUT2D eigenvalue weighted by atomic mass is 9.83. The van der Waals surface area contributed by atoms with Gasteiger partial charge >= 0.3 is 6.61 Å². The van der Waals surface area contributed by atoms with Crippen LogP contribution in [0.5, 0.6) is 11.5 Å². The van der Waals surface area contributed by atoms with Crippen LogP contribution < -0.4 is 9.47 Å². The van der Waals surface area contributed by atoms with E-state index in [0.717, 1.165) is 16.7 Å². The molecule has 2 aromatic rings. The number of benzene rings is 2. The maximum absolute atomic E-state index is 13.8. The summed E-state index contributed by atoms with van der Waals surface area (Å²) in [5.74, 6) is 0.137. The first-order valence-electron chi connectivity index (χ1n) is 8.89. The SMILES string of the molecule is CC(C)(C)c1ccc(OC(F)F)cc1COc1cc(F)ccc1C(C)(C)C. The summed E-state index contributed by atoms with van der Waals surface area (Å²) in [5.41, 5.74) is 2.12. The summed E-state index contributed by atoms with van der Waals surface area (Å²) in [6.45, 7) is 9.38. The van der Waals surface area contributed by atoms with Crippen molar-refractivity contribution in [3.05, 3.63) is 58.9 Å². The Morgan fingerprint density at radius 1 is 0.852 bits per heavy atom. The molecule has 5 heteroatoms. The van der Waals surface area contributed by atoms with Gasteiger partial charge in [0.25, 0.3) is 0 Å². The molecule has 0 aliphatic rings. The van der Waals surface area contributed by atoms with Gasteiger partial charge in [0, 0.05) is 6.07 Å². The first kappa shape index (κ1) is 21.1. The third-order valence-corrected chi connectivity index (χ3v) is 4.24. The highest BCUT2D eigenvalue weighted by molar-refractivity contribution is 5.41. The Bertz CT molecular complexity index is 787. The number of hydrogen-bond donors (Lipinski definition) is 0. The van der Waals surface area contributed by atoms with Gasteiger partial charge in [0.05, 0.1) is 0 Å². The van der Waals surface area contributed by atoms with E-state index in [4.69, 9.17) is 4.74 Å². The Morgan fingerprint density at radius 2 is 1.44 bits per heavy atom. The zero-order valence-corrected chi connectivity index (χ0v) is 16.7. The monoisotopic (exact) mass is 380 g/mol. The first-order chi connectivity index (χ1) is 12.4. The smallest absolute Gasteiger partial charge is 0.387 e. The van der Waals surface area contributed by atoms with Gasteiger partial charge in [-0.2, -0.15) is 8.78 Å². The number of ether oxygens (including phenoxy) is 2. The van der Waals surface area contributed by atoms with E-state index in [1.165, 1.54) is 18.2 Å². The van der Waals surface area contributed by atoms with E-state index in [-0.39, 0.29) is 29.0 Å². The average Bonchev–Trinajstić information content (AvgIpc) is 2.50. The van der Waals surface area contributed by atoms with E-state index in [1.54, 1.807) is 18.2 Å². The maximum atomic E-state index is 13.8. The largest absolute Gasteiger partial charge is 0.488 e. The molecule has 0 aliphatic heterocycles. The van der Waals surface area contributed by atoms with Gasteiger partial charge in [0.2, 0.25) is 0 Å². The lowest BCUT2D eigenvalue weighted by Crippen LogP contribution is -2.17. The standard InChI is InChI=1S/C22H27F3O2/c1-21(2,3)17-10-8-16(27-20(24)25)11-14(17)13-26-19-12-15(23)7-9-18(19)22(4,5)6/h7-12,20H,13H2,1-6H3. The number of rotatable bonds is 5. The molecule has 0 unspecified atom stereocenters. The van der Waals surface area contributed by atoms with Crippen molar-refractivity contribution in [2.45, 2.75) is 65.6 Å². The quantitative estimate of drug-likeness (QED) is 0.582. The Morgan fingerprint density at radius 3 is 2.00 bits per heavy atom. The molecule has 0 spiro atoms. The Hall–Kier alpha value is -2.17. The molecular formula is C22H27F3O2. The van der Waals surface area contributed by atoms with Gasteiger partial charge in [-0.05, 0) is 45.7 Å². The molecule has 27 heavy (non-hydrogen) atoms. The molecule has 0 fully saturated rings. The molecule has 0 saturated carbocycles. The van der Waals surface area contributed by atoms with Crippen LogP contribution >= 0.6 is 0 Å². The second kappa shape index (κ2) is 7.83. The molecule has 0 saturated heterocycles. The van der Waals surface area contributed by atoms with E-state index in [9.17, 15) is 13.2 Å². The highest BCUT2D eigenvalue weighted by atomic mass is 19.3. The van der Waals surface area contributed by atoms with Crippen LogP contribution in [0.4, 0.5) is 13.2 Å². The molecule has 2 nitrogen and oxygen atoms in total. The summed E-state index contributed by atoms with van der Waals surface area (Å²) in [6.07, 6.45) is 0. The fraction of sp³-hybridized carbons (Fsp3) is 0.455. The summed E-state index contributed by atoms with van der Waals surface area (Å²) in [7, 11) is 0. The van der Waals surface area contributed by atoms with Crippen LogP contribution in [0.2, 0.25) is 0 Å². The molecule has 0 amide bonds. The van der Waals surface area contributed by atoms with Crippen molar-refractivity contribution < 1.29 is 22.6 Å². The fourth-order valence-electron chi connectivity index (χ4n) is 2.99. The lowest BCUT2D eigenvalue weighted by Gasteiger charge is -2.26. The van der Waals surface area contributed by atoms with Gasteiger partial charge in [-0.15, -0.1) is 0 Å². The van der Waals surface area contributed by atoms with E-state index in [0.29, 0.717) is 5.75 Å². The van der Waals surface area contributed by atoms with Crippen LogP contribution in [0, 0.1) is 5.82 Å². The molecule has 148 valence electrons. The molecule has 2 rings (SSSR count). The van der Waals surface area contributed by atoms with Crippen molar-refractivity contribution in [1.82, 2.24) is 0 Å². The molecule has 0 radical (unpaired) electrons. The Kier molecular flexibility index (Phi) is 6.13. The van der Waals surface area contributed by atoms with Crippen molar-refractivity contribution in [2.24, 2.45) is 0 Å². The predicted octanol–water partition coefficient (Wildman–Crippen LogP) is 6.60. The van der Waals surface area contributed by atoms with Crippen molar-refractivity contribution in [2.75, 3.05) is 0 Å². The zero-order chi connectivity index (χ0) is 20.4. The van der Waals surface area contributed by atoms with Crippen molar-refractivity contribution in [1.29, 1.82) is 0 Å². The van der Waals surface area contributed by atoms with Gasteiger partial charge in [0.15, 0.2) is 0 Å². The number of hydrogen-bond acceptors (Lipinski definition) is 2. The minimum atomic E-state index is -2.89. The average molecular weight is 380 g/mol. The van der Waals surface area contributed by atoms with Gasteiger partial charge in [-0.1, -0.05) is 53.7 Å². The van der Waals surface area contributed by atoms with Crippen LogP contribution in [0.1, 0.15) is 58.2 Å². The molecule has 0 N–H and O–H groups in total. The minimum absolute atomic E-state index is 0.0758. The third kappa shape index (κ3) is 5.65.